The Labute approximate surface area is 104 Å². The summed E-state index contributed by atoms with van der Waals surface area (Å²) in [5, 5.41) is 3.36. The van der Waals surface area contributed by atoms with Crippen LogP contribution in [0.15, 0.2) is 18.2 Å². The van der Waals surface area contributed by atoms with E-state index in [1.165, 1.54) is 0 Å². The van der Waals surface area contributed by atoms with Gasteiger partial charge >= 0.3 is 0 Å². The van der Waals surface area contributed by atoms with Crippen molar-refractivity contribution >= 4 is 5.69 Å². The SMILES string of the molecule is CCCNC(C)c1ccc(N(C)CC)c(F)c1. The number of hydrogen-bond acceptors (Lipinski definition) is 2. The predicted octanol–water partition coefficient (Wildman–Crippen LogP) is 3.34. The number of benzene rings is 1. The summed E-state index contributed by atoms with van der Waals surface area (Å²) < 4.78 is 13.9. The molecule has 0 saturated carbocycles. The first kappa shape index (κ1) is 14.0. The molecule has 0 aliphatic rings. The van der Waals surface area contributed by atoms with Crippen molar-refractivity contribution in [2.75, 3.05) is 25.0 Å². The van der Waals surface area contributed by atoms with E-state index in [1.807, 2.05) is 31.0 Å². The first-order valence-corrected chi connectivity index (χ1v) is 6.34. The molecule has 0 saturated heterocycles. The number of halogens is 1. The molecule has 2 nitrogen and oxygen atoms in total. The third-order valence-electron chi connectivity index (χ3n) is 3.06. The molecule has 0 aromatic heterocycles. The summed E-state index contributed by atoms with van der Waals surface area (Å²) in [6, 6.07) is 5.69. The van der Waals surface area contributed by atoms with Gasteiger partial charge in [0.05, 0.1) is 5.69 Å². The van der Waals surface area contributed by atoms with E-state index in [0.717, 1.165) is 25.1 Å². The van der Waals surface area contributed by atoms with Crippen LogP contribution in [0.5, 0.6) is 0 Å². The second-order valence-electron chi connectivity index (χ2n) is 4.40. The standard InChI is InChI=1S/C14H23FN2/c1-5-9-16-11(3)12-7-8-14(13(15)10-12)17(4)6-2/h7-8,10-11,16H,5-6,9H2,1-4H3. The fourth-order valence-electron chi connectivity index (χ4n) is 1.75. The molecule has 3 heteroatoms. The quantitative estimate of drug-likeness (QED) is 0.817. The minimum Gasteiger partial charge on any atom is -0.373 e. The number of nitrogens with zero attached hydrogens (tertiary/aromatic N) is 1. The topological polar surface area (TPSA) is 15.3 Å². The Morgan fingerprint density at radius 1 is 1.35 bits per heavy atom. The highest BCUT2D eigenvalue weighted by atomic mass is 19.1. The van der Waals surface area contributed by atoms with Crippen molar-refractivity contribution in [3.05, 3.63) is 29.6 Å². The van der Waals surface area contributed by atoms with E-state index in [2.05, 4.69) is 19.2 Å². The van der Waals surface area contributed by atoms with Gasteiger partial charge in [0, 0.05) is 19.6 Å². The molecule has 0 heterocycles. The Hall–Kier alpha value is -1.09. The van der Waals surface area contributed by atoms with Crippen LogP contribution in [0.2, 0.25) is 0 Å². The van der Waals surface area contributed by atoms with Gasteiger partial charge in [0.1, 0.15) is 5.82 Å². The van der Waals surface area contributed by atoms with Crippen molar-refractivity contribution in [3.8, 4) is 0 Å². The van der Waals surface area contributed by atoms with Gasteiger partial charge in [0.2, 0.25) is 0 Å². The normalized spacial score (nSPS) is 12.5. The van der Waals surface area contributed by atoms with Crippen molar-refractivity contribution in [2.24, 2.45) is 0 Å². The average molecular weight is 238 g/mol. The number of nitrogens with one attached hydrogen (secondary N) is 1. The molecule has 0 fully saturated rings. The zero-order chi connectivity index (χ0) is 12.8. The first-order valence-electron chi connectivity index (χ1n) is 6.34. The van der Waals surface area contributed by atoms with Crippen LogP contribution < -0.4 is 10.2 Å². The van der Waals surface area contributed by atoms with Gasteiger partial charge in [-0.3, -0.25) is 0 Å². The smallest absolute Gasteiger partial charge is 0.146 e. The van der Waals surface area contributed by atoms with Crippen LogP contribution in [0.4, 0.5) is 10.1 Å². The maximum absolute atomic E-state index is 13.9. The van der Waals surface area contributed by atoms with Crippen LogP contribution in [0.25, 0.3) is 0 Å². The number of anilines is 1. The monoisotopic (exact) mass is 238 g/mol. The van der Waals surface area contributed by atoms with Crippen LogP contribution in [-0.2, 0) is 0 Å². The first-order chi connectivity index (χ1) is 8.10. The average Bonchev–Trinajstić information content (AvgIpc) is 2.34. The lowest BCUT2D eigenvalue weighted by molar-refractivity contribution is 0.562. The fraction of sp³-hybridized carbons (Fsp3) is 0.571. The van der Waals surface area contributed by atoms with Gasteiger partial charge in [-0.2, -0.15) is 0 Å². The van der Waals surface area contributed by atoms with Crippen molar-refractivity contribution in [3.63, 3.8) is 0 Å². The van der Waals surface area contributed by atoms with Crippen molar-refractivity contribution in [2.45, 2.75) is 33.2 Å². The van der Waals surface area contributed by atoms with Gasteiger partial charge in [-0.1, -0.05) is 13.0 Å². The van der Waals surface area contributed by atoms with E-state index in [0.29, 0.717) is 5.69 Å². The highest BCUT2D eigenvalue weighted by molar-refractivity contribution is 5.48. The minimum absolute atomic E-state index is 0.142. The summed E-state index contributed by atoms with van der Waals surface area (Å²) in [7, 11) is 1.90. The second kappa shape index (κ2) is 6.60. The van der Waals surface area contributed by atoms with Crippen molar-refractivity contribution in [1.82, 2.24) is 5.32 Å². The maximum Gasteiger partial charge on any atom is 0.146 e. The van der Waals surface area contributed by atoms with Crippen LogP contribution >= 0.6 is 0 Å². The summed E-state index contributed by atoms with van der Waals surface area (Å²) in [6.45, 7) is 7.96. The molecule has 1 N–H and O–H groups in total. The summed E-state index contributed by atoms with van der Waals surface area (Å²) >= 11 is 0. The van der Waals surface area contributed by atoms with Crippen LogP contribution in [0.3, 0.4) is 0 Å². The Bertz CT molecular complexity index is 352. The van der Waals surface area contributed by atoms with E-state index in [9.17, 15) is 4.39 Å². The highest BCUT2D eigenvalue weighted by Crippen LogP contribution is 2.22. The van der Waals surface area contributed by atoms with E-state index in [1.54, 1.807) is 6.07 Å². The molecule has 0 spiro atoms. The Kier molecular flexibility index (Phi) is 5.42. The second-order valence-corrected chi connectivity index (χ2v) is 4.40. The molecule has 1 rings (SSSR count). The summed E-state index contributed by atoms with van der Waals surface area (Å²) in [4.78, 5) is 1.91. The molecule has 0 amide bonds. The van der Waals surface area contributed by atoms with Gasteiger partial charge in [-0.05, 0) is 44.5 Å². The van der Waals surface area contributed by atoms with Crippen LogP contribution in [0.1, 0.15) is 38.8 Å². The van der Waals surface area contributed by atoms with Gasteiger partial charge in [-0.15, -0.1) is 0 Å². The van der Waals surface area contributed by atoms with Gasteiger partial charge in [-0.25, -0.2) is 4.39 Å². The van der Waals surface area contributed by atoms with Crippen molar-refractivity contribution < 1.29 is 4.39 Å². The molecule has 17 heavy (non-hydrogen) atoms. The lowest BCUT2D eigenvalue weighted by Crippen LogP contribution is -2.20. The summed E-state index contributed by atoms with van der Waals surface area (Å²) in [5.41, 5.74) is 1.67. The van der Waals surface area contributed by atoms with Crippen LogP contribution in [-0.4, -0.2) is 20.1 Å². The molecular formula is C14H23FN2. The maximum atomic E-state index is 13.9. The molecule has 0 aliphatic heterocycles. The molecule has 96 valence electrons. The molecule has 1 unspecified atom stereocenters. The van der Waals surface area contributed by atoms with Gasteiger partial charge < -0.3 is 10.2 Å². The largest absolute Gasteiger partial charge is 0.373 e. The van der Waals surface area contributed by atoms with E-state index in [-0.39, 0.29) is 11.9 Å². The van der Waals surface area contributed by atoms with Crippen molar-refractivity contribution in [1.29, 1.82) is 0 Å². The van der Waals surface area contributed by atoms with E-state index in [4.69, 9.17) is 0 Å². The zero-order valence-corrected chi connectivity index (χ0v) is 11.3. The molecule has 0 aliphatic carbocycles. The molecular weight excluding hydrogens is 215 g/mol. The minimum atomic E-state index is -0.142. The highest BCUT2D eigenvalue weighted by Gasteiger charge is 2.10. The molecule has 0 bridgehead atoms. The summed E-state index contributed by atoms with van der Waals surface area (Å²) in [6.07, 6.45) is 1.09. The lowest BCUT2D eigenvalue weighted by atomic mass is 10.1. The van der Waals surface area contributed by atoms with Crippen LogP contribution in [0, 0.1) is 5.82 Å². The molecule has 1 aromatic rings. The third kappa shape index (κ3) is 3.70. The van der Waals surface area contributed by atoms with E-state index >= 15 is 0 Å². The van der Waals surface area contributed by atoms with Gasteiger partial charge in [0.15, 0.2) is 0 Å². The fourth-order valence-corrected chi connectivity index (χ4v) is 1.75. The number of rotatable bonds is 6. The molecule has 1 atom stereocenters. The summed E-state index contributed by atoms with van der Waals surface area (Å²) in [5.74, 6) is -0.142. The Morgan fingerprint density at radius 3 is 2.59 bits per heavy atom. The van der Waals surface area contributed by atoms with E-state index < -0.39 is 0 Å². The molecule has 1 aromatic carbocycles. The lowest BCUT2D eigenvalue weighted by Gasteiger charge is -2.20. The Balaban J connectivity index is 2.81. The third-order valence-corrected chi connectivity index (χ3v) is 3.06. The predicted molar refractivity (Wildman–Crippen MR) is 72.1 cm³/mol. The molecule has 0 radical (unpaired) electrons. The zero-order valence-electron chi connectivity index (χ0n) is 11.3. The Morgan fingerprint density at radius 2 is 2.06 bits per heavy atom. The van der Waals surface area contributed by atoms with Gasteiger partial charge in [0.25, 0.3) is 0 Å². The number of hydrogen-bond donors (Lipinski definition) is 1.